The van der Waals surface area contributed by atoms with Gasteiger partial charge >= 0.3 is 0 Å². The Bertz CT molecular complexity index is 381. The molecule has 1 aromatic carbocycles. The van der Waals surface area contributed by atoms with Gasteiger partial charge in [-0.2, -0.15) is 0 Å². The van der Waals surface area contributed by atoms with E-state index in [0.717, 1.165) is 17.9 Å². The maximum atomic E-state index is 6.42. The Kier molecular flexibility index (Phi) is 6.99. The zero-order valence-electron chi connectivity index (χ0n) is 13.3. The second kappa shape index (κ2) is 8.25. The first-order valence-electron chi connectivity index (χ1n) is 7.19. The number of methoxy groups -OCH3 is 2. The van der Waals surface area contributed by atoms with Gasteiger partial charge in [-0.25, -0.2) is 0 Å². The molecular formula is C16H28N2O2. The Labute approximate surface area is 122 Å². The molecule has 0 aliphatic carbocycles. The summed E-state index contributed by atoms with van der Waals surface area (Å²) in [6, 6.07) is 8.56. The number of benzene rings is 1. The number of likely N-dealkylation sites (N-methyl/N-ethyl adjacent to an activating group) is 1. The van der Waals surface area contributed by atoms with Crippen molar-refractivity contribution in [1.29, 1.82) is 0 Å². The van der Waals surface area contributed by atoms with Crippen LogP contribution in [0.5, 0.6) is 5.75 Å². The number of rotatable bonds is 8. The summed E-state index contributed by atoms with van der Waals surface area (Å²) in [6.45, 7) is 8.17. The van der Waals surface area contributed by atoms with Gasteiger partial charge in [0.05, 0.1) is 13.7 Å². The molecule has 3 unspecified atom stereocenters. The van der Waals surface area contributed by atoms with Gasteiger partial charge < -0.3 is 15.2 Å². The van der Waals surface area contributed by atoms with Crippen molar-refractivity contribution in [3.63, 3.8) is 0 Å². The number of hydrogen-bond donors (Lipinski definition) is 1. The lowest BCUT2D eigenvalue weighted by molar-refractivity contribution is 0.0699. The standard InChI is InChI=1S/C16H28N2O2/c1-6-18(12(2)11-19-4)13(3)16(17)14-7-9-15(20-5)10-8-14/h7-10,12-13,16H,6,11,17H2,1-5H3. The van der Waals surface area contributed by atoms with Crippen molar-refractivity contribution in [2.24, 2.45) is 5.73 Å². The highest BCUT2D eigenvalue weighted by Gasteiger charge is 2.24. The molecule has 2 N–H and O–H groups in total. The minimum atomic E-state index is -0.0276. The maximum Gasteiger partial charge on any atom is 0.118 e. The first-order chi connectivity index (χ1) is 9.54. The summed E-state index contributed by atoms with van der Waals surface area (Å²) in [7, 11) is 3.40. The van der Waals surface area contributed by atoms with Gasteiger partial charge in [0.1, 0.15) is 5.75 Å². The van der Waals surface area contributed by atoms with Crippen LogP contribution in [0.1, 0.15) is 32.4 Å². The van der Waals surface area contributed by atoms with E-state index in [4.69, 9.17) is 15.2 Å². The molecule has 1 rings (SSSR count). The van der Waals surface area contributed by atoms with Crippen molar-refractivity contribution in [1.82, 2.24) is 4.90 Å². The minimum Gasteiger partial charge on any atom is -0.497 e. The monoisotopic (exact) mass is 280 g/mol. The Hall–Kier alpha value is -1.10. The quantitative estimate of drug-likeness (QED) is 0.794. The molecule has 0 aromatic heterocycles. The highest BCUT2D eigenvalue weighted by Crippen LogP contribution is 2.22. The minimum absolute atomic E-state index is 0.0276. The van der Waals surface area contributed by atoms with E-state index in [0.29, 0.717) is 12.6 Å². The van der Waals surface area contributed by atoms with Gasteiger partial charge in [0.25, 0.3) is 0 Å². The Morgan fingerprint density at radius 1 is 1.15 bits per heavy atom. The fraction of sp³-hybridized carbons (Fsp3) is 0.625. The Balaban J connectivity index is 2.79. The van der Waals surface area contributed by atoms with E-state index in [1.807, 2.05) is 24.3 Å². The predicted octanol–water partition coefficient (Wildman–Crippen LogP) is 2.44. The molecule has 0 amide bonds. The van der Waals surface area contributed by atoms with E-state index >= 15 is 0 Å². The van der Waals surface area contributed by atoms with Crippen LogP contribution in [0.15, 0.2) is 24.3 Å². The molecular weight excluding hydrogens is 252 g/mol. The van der Waals surface area contributed by atoms with E-state index in [9.17, 15) is 0 Å². The van der Waals surface area contributed by atoms with E-state index in [2.05, 4.69) is 25.7 Å². The molecule has 0 spiro atoms. The summed E-state index contributed by atoms with van der Waals surface area (Å²) in [4.78, 5) is 2.37. The van der Waals surface area contributed by atoms with Crippen molar-refractivity contribution in [2.45, 2.75) is 38.9 Å². The van der Waals surface area contributed by atoms with Gasteiger partial charge in [0.15, 0.2) is 0 Å². The molecule has 1 aromatic rings. The average molecular weight is 280 g/mol. The van der Waals surface area contributed by atoms with Crippen LogP contribution in [0.4, 0.5) is 0 Å². The molecule has 114 valence electrons. The van der Waals surface area contributed by atoms with Gasteiger partial charge in [0, 0.05) is 25.2 Å². The molecule has 4 heteroatoms. The first-order valence-corrected chi connectivity index (χ1v) is 7.19. The smallest absolute Gasteiger partial charge is 0.118 e. The molecule has 0 aliphatic heterocycles. The van der Waals surface area contributed by atoms with Crippen LogP contribution in [0, 0.1) is 0 Å². The summed E-state index contributed by atoms with van der Waals surface area (Å²) in [6.07, 6.45) is 0. The molecule has 0 aliphatic rings. The predicted molar refractivity (Wildman–Crippen MR) is 83.1 cm³/mol. The molecule has 0 saturated carbocycles. The fourth-order valence-electron chi connectivity index (χ4n) is 2.65. The third-order valence-corrected chi connectivity index (χ3v) is 3.88. The van der Waals surface area contributed by atoms with Crippen molar-refractivity contribution in [2.75, 3.05) is 27.4 Å². The van der Waals surface area contributed by atoms with Crippen molar-refractivity contribution in [3.05, 3.63) is 29.8 Å². The van der Waals surface area contributed by atoms with E-state index in [-0.39, 0.29) is 12.1 Å². The molecule has 0 bridgehead atoms. The summed E-state index contributed by atoms with van der Waals surface area (Å²) in [5, 5.41) is 0. The highest BCUT2D eigenvalue weighted by atomic mass is 16.5. The largest absolute Gasteiger partial charge is 0.497 e. The number of nitrogens with zero attached hydrogens (tertiary/aromatic N) is 1. The van der Waals surface area contributed by atoms with E-state index < -0.39 is 0 Å². The maximum absolute atomic E-state index is 6.42. The van der Waals surface area contributed by atoms with Crippen LogP contribution in [-0.2, 0) is 4.74 Å². The van der Waals surface area contributed by atoms with Gasteiger partial charge in [-0.05, 0) is 38.1 Å². The van der Waals surface area contributed by atoms with E-state index in [1.54, 1.807) is 14.2 Å². The normalized spacial score (nSPS) is 15.9. The number of hydrogen-bond acceptors (Lipinski definition) is 4. The van der Waals surface area contributed by atoms with Gasteiger partial charge in [-0.3, -0.25) is 4.90 Å². The summed E-state index contributed by atoms with van der Waals surface area (Å²) in [5.74, 6) is 0.855. The molecule has 0 heterocycles. The van der Waals surface area contributed by atoms with Crippen molar-refractivity contribution in [3.8, 4) is 5.75 Å². The Morgan fingerprint density at radius 2 is 1.75 bits per heavy atom. The van der Waals surface area contributed by atoms with Gasteiger partial charge in [0.2, 0.25) is 0 Å². The zero-order valence-corrected chi connectivity index (χ0v) is 13.3. The Morgan fingerprint density at radius 3 is 2.20 bits per heavy atom. The summed E-state index contributed by atoms with van der Waals surface area (Å²) in [5.41, 5.74) is 7.54. The zero-order chi connectivity index (χ0) is 15.1. The van der Waals surface area contributed by atoms with Crippen LogP contribution < -0.4 is 10.5 Å². The van der Waals surface area contributed by atoms with Gasteiger partial charge in [-0.15, -0.1) is 0 Å². The molecule has 0 saturated heterocycles. The number of nitrogens with two attached hydrogens (primary N) is 1. The van der Waals surface area contributed by atoms with Crippen LogP contribution in [0.25, 0.3) is 0 Å². The summed E-state index contributed by atoms with van der Waals surface area (Å²) >= 11 is 0. The van der Waals surface area contributed by atoms with Crippen molar-refractivity contribution < 1.29 is 9.47 Å². The van der Waals surface area contributed by atoms with Crippen LogP contribution in [0.3, 0.4) is 0 Å². The van der Waals surface area contributed by atoms with E-state index in [1.165, 1.54) is 0 Å². The SMILES string of the molecule is CCN(C(C)COC)C(C)C(N)c1ccc(OC)cc1. The highest BCUT2D eigenvalue weighted by molar-refractivity contribution is 5.29. The molecule has 4 nitrogen and oxygen atoms in total. The topological polar surface area (TPSA) is 47.7 Å². The number of ether oxygens (including phenoxy) is 2. The van der Waals surface area contributed by atoms with Crippen LogP contribution in [-0.4, -0.2) is 44.4 Å². The van der Waals surface area contributed by atoms with Gasteiger partial charge in [-0.1, -0.05) is 19.1 Å². The third-order valence-electron chi connectivity index (χ3n) is 3.88. The lowest BCUT2D eigenvalue weighted by atomic mass is 9.99. The van der Waals surface area contributed by atoms with Crippen LogP contribution in [0.2, 0.25) is 0 Å². The first kappa shape index (κ1) is 17.0. The third kappa shape index (κ3) is 4.20. The lowest BCUT2D eigenvalue weighted by Crippen LogP contribution is -2.47. The lowest BCUT2D eigenvalue weighted by Gasteiger charge is -2.36. The average Bonchev–Trinajstić information content (AvgIpc) is 2.47. The summed E-state index contributed by atoms with van der Waals surface area (Å²) < 4.78 is 10.4. The second-order valence-corrected chi connectivity index (χ2v) is 5.17. The molecule has 0 radical (unpaired) electrons. The molecule has 3 atom stereocenters. The van der Waals surface area contributed by atoms with Crippen molar-refractivity contribution >= 4 is 0 Å². The second-order valence-electron chi connectivity index (χ2n) is 5.17. The van der Waals surface area contributed by atoms with Crippen LogP contribution >= 0.6 is 0 Å². The molecule has 0 fully saturated rings. The fourth-order valence-corrected chi connectivity index (χ4v) is 2.65. The molecule has 20 heavy (non-hydrogen) atoms.